The van der Waals surface area contributed by atoms with Crippen molar-refractivity contribution in [2.24, 2.45) is 0 Å². The molecule has 0 aromatic heterocycles. The summed E-state index contributed by atoms with van der Waals surface area (Å²) in [7, 11) is -3.64. The molecule has 2 N–H and O–H groups in total. The third-order valence-electron chi connectivity index (χ3n) is 4.25. The van der Waals surface area contributed by atoms with Crippen LogP contribution in [-0.2, 0) is 21.2 Å². The van der Waals surface area contributed by atoms with Crippen LogP contribution >= 0.6 is 23.2 Å². The monoisotopic (exact) mass is 478 g/mol. The molecule has 9 heteroatoms. The van der Waals surface area contributed by atoms with Crippen molar-refractivity contribution < 1.29 is 17.9 Å². The lowest BCUT2D eigenvalue weighted by Gasteiger charge is -2.10. The molecule has 0 heterocycles. The predicted octanol–water partition coefficient (Wildman–Crippen LogP) is 4.53. The first kappa shape index (κ1) is 23.1. The Morgan fingerprint density at radius 2 is 1.65 bits per heavy atom. The van der Waals surface area contributed by atoms with Gasteiger partial charge in [-0.25, -0.2) is 13.1 Å². The Balaban J connectivity index is 1.51. The van der Waals surface area contributed by atoms with Crippen LogP contribution in [0.25, 0.3) is 0 Å². The zero-order valence-corrected chi connectivity index (χ0v) is 18.7. The topological polar surface area (TPSA) is 84.5 Å². The number of ether oxygens (including phenoxy) is 1. The molecule has 6 nitrogen and oxygen atoms in total. The molecule has 0 fully saturated rings. The molecular formula is C22H20Cl2N2O4S. The number of halogens is 2. The first-order valence-electron chi connectivity index (χ1n) is 9.35. The number of carbonyl (C=O) groups excluding carboxylic acids is 1. The van der Waals surface area contributed by atoms with Crippen LogP contribution < -0.4 is 14.8 Å². The molecule has 0 aliphatic rings. The molecule has 0 radical (unpaired) electrons. The van der Waals surface area contributed by atoms with E-state index in [0.29, 0.717) is 27.9 Å². The van der Waals surface area contributed by atoms with Crippen LogP contribution in [0.3, 0.4) is 0 Å². The highest BCUT2D eigenvalue weighted by atomic mass is 35.5. The average molecular weight is 479 g/mol. The Hall–Kier alpha value is -2.58. The molecule has 1 amide bonds. The van der Waals surface area contributed by atoms with Gasteiger partial charge in [0.1, 0.15) is 5.75 Å². The quantitative estimate of drug-likeness (QED) is 0.472. The molecule has 0 aliphatic heterocycles. The van der Waals surface area contributed by atoms with Gasteiger partial charge in [-0.2, -0.15) is 0 Å². The van der Waals surface area contributed by atoms with E-state index >= 15 is 0 Å². The fourth-order valence-electron chi connectivity index (χ4n) is 2.71. The van der Waals surface area contributed by atoms with Gasteiger partial charge in [0.15, 0.2) is 6.61 Å². The Labute approximate surface area is 191 Å². The van der Waals surface area contributed by atoms with Crippen molar-refractivity contribution in [1.82, 2.24) is 4.72 Å². The second-order valence-electron chi connectivity index (χ2n) is 6.57. The summed E-state index contributed by atoms with van der Waals surface area (Å²) < 4.78 is 32.8. The Morgan fingerprint density at radius 3 is 2.32 bits per heavy atom. The van der Waals surface area contributed by atoms with Crippen molar-refractivity contribution in [3.05, 3.63) is 88.4 Å². The standard InChI is InChI=1S/C22H20Cl2N2O4S/c23-17-6-11-21(20(24)14-17)30-15-22(27)26-18-7-9-19(10-8-18)31(28,29)25-13-12-16-4-2-1-3-5-16/h1-11,14,25H,12-13,15H2,(H,26,27). The van der Waals surface area contributed by atoms with Crippen LogP contribution in [0.4, 0.5) is 5.69 Å². The van der Waals surface area contributed by atoms with E-state index < -0.39 is 15.9 Å². The van der Waals surface area contributed by atoms with E-state index in [-0.39, 0.29) is 18.0 Å². The van der Waals surface area contributed by atoms with Gasteiger partial charge in [0, 0.05) is 17.3 Å². The number of sulfonamides is 1. The van der Waals surface area contributed by atoms with E-state index in [0.717, 1.165) is 5.56 Å². The number of anilines is 1. The summed E-state index contributed by atoms with van der Waals surface area (Å²) in [5.41, 5.74) is 1.49. The van der Waals surface area contributed by atoms with Crippen molar-refractivity contribution in [3.8, 4) is 5.75 Å². The maximum Gasteiger partial charge on any atom is 0.262 e. The Bertz CT molecular complexity index is 1140. The van der Waals surface area contributed by atoms with E-state index in [1.165, 1.54) is 30.3 Å². The van der Waals surface area contributed by atoms with Crippen LogP contribution in [0.2, 0.25) is 10.0 Å². The average Bonchev–Trinajstić information content (AvgIpc) is 2.74. The van der Waals surface area contributed by atoms with Crippen LogP contribution in [0.15, 0.2) is 77.7 Å². The highest BCUT2D eigenvalue weighted by Gasteiger charge is 2.14. The molecule has 0 spiro atoms. The molecular weight excluding hydrogens is 459 g/mol. The van der Waals surface area contributed by atoms with E-state index in [1.54, 1.807) is 12.1 Å². The molecule has 0 unspecified atom stereocenters. The second-order valence-corrected chi connectivity index (χ2v) is 9.18. The minimum absolute atomic E-state index is 0.114. The lowest BCUT2D eigenvalue weighted by Crippen LogP contribution is -2.26. The SMILES string of the molecule is O=C(COc1ccc(Cl)cc1Cl)Nc1ccc(S(=O)(=O)NCCc2ccccc2)cc1. The number of carbonyl (C=O) groups is 1. The summed E-state index contributed by atoms with van der Waals surface area (Å²) in [6.07, 6.45) is 0.589. The maximum absolute atomic E-state index is 12.4. The molecule has 0 saturated heterocycles. The minimum atomic E-state index is -3.64. The normalized spacial score (nSPS) is 11.2. The fraction of sp³-hybridized carbons (Fsp3) is 0.136. The fourth-order valence-corrected chi connectivity index (χ4v) is 4.20. The molecule has 162 valence electrons. The summed E-state index contributed by atoms with van der Waals surface area (Å²) >= 11 is 11.8. The van der Waals surface area contributed by atoms with Crippen LogP contribution in [0, 0.1) is 0 Å². The summed E-state index contributed by atoms with van der Waals surface area (Å²) in [6.45, 7) is 0.0257. The van der Waals surface area contributed by atoms with Crippen LogP contribution in [-0.4, -0.2) is 27.5 Å². The van der Waals surface area contributed by atoms with Gasteiger partial charge >= 0.3 is 0 Å². The van der Waals surface area contributed by atoms with Gasteiger partial charge in [0.25, 0.3) is 5.91 Å². The summed E-state index contributed by atoms with van der Waals surface area (Å²) in [5, 5.41) is 3.40. The van der Waals surface area contributed by atoms with Gasteiger partial charge in [-0.3, -0.25) is 4.79 Å². The van der Waals surface area contributed by atoms with Gasteiger partial charge in [0.05, 0.1) is 9.92 Å². The molecule has 0 saturated carbocycles. The number of hydrogen-bond donors (Lipinski definition) is 2. The third-order valence-corrected chi connectivity index (χ3v) is 6.26. The predicted molar refractivity (Wildman–Crippen MR) is 122 cm³/mol. The maximum atomic E-state index is 12.4. The zero-order chi connectivity index (χ0) is 22.3. The third kappa shape index (κ3) is 6.97. The summed E-state index contributed by atoms with van der Waals surface area (Å²) in [5.74, 6) is -0.0770. The number of benzene rings is 3. The minimum Gasteiger partial charge on any atom is -0.482 e. The van der Waals surface area contributed by atoms with Crippen molar-refractivity contribution in [2.75, 3.05) is 18.5 Å². The van der Waals surface area contributed by atoms with Crippen molar-refractivity contribution in [1.29, 1.82) is 0 Å². The van der Waals surface area contributed by atoms with Gasteiger partial charge < -0.3 is 10.1 Å². The van der Waals surface area contributed by atoms with Gasteiger partial charge in [-0.1, -0.05) is 53.5 Å². The van der Waals surface area contributed by atoms with E-state index in [2.05, 4.69) is 10.0 Å². The summed E-state index contributed by atoms with van der Waals surface area (Å²) in [6, 6.07) is 20.2. The van der Waals surface area contributed by atoms with Crippen LogP contribution in [0.5, 0.6) is 5.75 Å². The first-order chi connectivity index (χ1) is 14.8. The molecule has 0 aliphatic carbocycles. The van der Waals surface area contributed by atoms with Crippen molar-refractivity contribution in [3.63, 3.8) is 0 Å². The number of nitrogens with one attached hydrogen (secondary N) is 2. The van der Waals surface area contributed by atoms with Gasteiger partial charge in [-0.05, 0) is 54.4 Å². The van der Waals surface area contributed by atoms with Crippen LogP contribution in [0.1, 0.15) is 5.56 Å². The summed E-state index contributed by atoms with van der Waals surface area (Å²) in [4.78, 5) is 12.2. The molecule has 31 heavy (non-hydrogen) atoms. The largest absolute Gasteiger partial charge is 0.482 e. The van der Waals surface area contributed by atoms with E-state index in [1.807, 2.05) is 30.3 Å². The lowest BCUT2D eigenvalue weighted by atomic mass is 10.2. The molecule has 0 atom stereocenters. The number of rotatable bonds is 9. The second kappa shape index (κ2) is 10.6. The molecule has 3 aromatic rings. The Morgan fingerprint density at radius 1 is 0.935 bits per heavy atom. The smallest absolute Gasteiger partial charge is 0.262 e. The molecule has 3 aromatic carbocycles. The number of hydrogen-bond acceptors (Lipinski definition) is 4. The molecule has 3 rings (SSSR count). The first-order valence-corrected chi connectivity index (χ1v) is 11.6. The van der Waals surface area contributed by atoms with E-state index in [4.69, 9.17) is 27.9 Å². The highest BCUT2D eigenvalue weighted by molar-refractivity contribution is 7.89. The Kier molecular flexibility index (Phi) is 7.92. The van der Waals surface area contributed by atoms with Crippen molar-refractivity contribution >= 4 is 44.8 Å². The lowest BCUT2D eigenvalue weighted by molar-refractivity contribution is -0.118. The van der Waals surface area contributed by atoms with Gasteiger partial charge in [-0.15, -0.1) is 0 Å². The van der Waals surface area contributed by atoms with E-state index in [9.17, 15) is 13.2 Å². The highest BCUT2D eigenvalue weighted by Crippen LogP contribution is 2.27. The van der Waals surface area contributed by atoms with Crippen molar-refractivity contribution in [2.45, 2.75) is 11.3 Å². The zero-order valence-electron chi connectivity index (χ0n) is 16.3. The molecule has 0 bridgehead atoms. The number of amides is 1. The van der Waals surface area contributed by atoms with Gasteiger partial charge in [0.2, 0.25) is 10.0 Å².